The number of methoxy groups -OCH3 is 1. The topological polar surface area (TPSA) is 78.1 Å². The highest BCUT2D eigenvalue weighted by Gasteiger charge is 2.28. The Balaban J connectivity index is 0.000000195. The Kier molecular flexibility index (Phi) is 11.4. The Hall–Kier alpha value is -4.07. The number of rotatable bonds is 10. The van der Waals surface area contributed by atoms with Crippen LogP contribution in [0, 0.1) is 0 Å². The number of carbonyl (C=O) groups excluding carboxylic acids is 1. The van der Waals surface area contributed by atoms with Gasteiger partial charge in [-0.15, -0.1) is 0 Å². The molecule has 0 aliphatic carbocycles. The lowest BCUT2D eigenvalue weighted by Gasteiger charge is -2.32. The largest absolute Gasteiger partial charge is 0.497 e. The second-order valence-corrected chi connectivity index (χ2v) is 9.68. The smallest absolute Gasteiger partial charge is 0.216 e. The lowest BCUT2D eigenvalue weighted by Crippen LogP contribution is -2.43. The molecule has 0 bridgehead atoms. The van der Waals surface area contributed by atoms with Gasteiger partial charge >= 0.3 is 0 Å². The lowest BCUT2D eigenvalue weighted by molar-refractivity contribution is -0.118. The van der Waals surface area contributed by atoms with Crippen molar-refractivity contribution in [2.75, 3.05) is 40.0 Å². The minimum atomic E-state index is -0.175. The van der Waals surface area contributed by atoms with Crippen molar-refractivity contribution in [3.05, 3.63) is 102 Å². The first-order chi connectivity index (χ1) is 20.1. The molecule has 41 heavy (non-hydrogen) atoms. The maximum atomic E-state index is 10.9. The molecule has 7 nitrogen and oxygen atoms in total. The normalized spacial score (nSPS) is 15.2. The van der Waals surface area contributed by atoms with Gasteiger partial charge in [0.05, 0.1) is 20.3 Å². The quantitative estimate of drug-likeness (QED) is 0.260. The second-order valence-electron chi connectivity index (χ2n) is 9.68. The zero-order valence-corrected chi connectivity index (χ0v) is 24.1. The molecule has 2 N–H and O–H groups in total. The maximum Gasteiger partial charge on any atom is 0.216 e. The summed E-state index contributed by atoms with van der Waals surface area (Å²) in [6.07, 6.45) is 0.621. The first-order valence-corrected chi connectivity index (χ1v) is 14.1. The van der Waals surface area contributed by atoms with E-state index in [0.717, 1.165) is 42.3 Å². The zero-order chi connectivity index (χ0) is 28.9. The predicted molar refractivity (Wildman–Crippen MR) is 163 cm³/mol. The molecule has 1 aliphatic heterocycles. The number of fused-ring (bicyclic) bond motifs is 1. The molecule has 1 amide bonds. The first kappa shape index (κ1) is 29.9. The van der Waals surface area contributed by atoms with Crippen molar-refractivity contribution in [3.63, 3.8) is 0 Å². The number of benzene rings is 4. The van der Waals surface area contributed by atoms with E-state index in [9.17, 15) is 4.79 Å². The van der Waals surface area contributed by atoms with E-state index in [2.05, 4.69) is 41.0 Å². The summed E-state index contributed by atoms with van der Waals surface area (Å²) in [5.41, 5.74) is 2.33. The molecule has 0 spiro atoms. The van der Waals surface area contributed by atoms with E-state index in [4.69, 9.17) is 18.9 Å². The minimum Gasteiger partial charge on any atom is -0.497 e. The Morgan fingerprint density at radius 1 is 1.00 bits per heavy atom. The van der Waals surface area contributed by atoms with Gasteiger partial charge in [-0.1, -0.05) is 66.7 Å². The van der Waals surface area contributed by atoms with E-state index in [1.54, 1.807) is 7.11 Å². The van der Waals surface area contributed by atoms with Crippen LogP contribution >= 0.6 is 0 Å². The van der Waals surface area contributed by atoms with Crippen molar-refractivity contribution in [3.8, 4) is 17.2 Å². The van der Waals surface area contributed by atoms with Crippen LogP contribution in [0.3, 0.4) is 0 Å². The fraction of sp³-hybridized carbons (Fsp3) is 0.324. The summed E-state index contributed by atoms with van der Waals surface area (Å²) in [5, 5.41) is 8.56. The zero-order valence-electron chi connectivity index (χ0n) is 24.1. The van der Waals surface area contributed by atoms with Gasteiger partial charge in [0.2, 0.25) is 5.91 Å². The van der Waals surface area contributed by atoms with Gasteiger partial charge in [0.1, 0.15) is 11.9 Å². The molecule has 1 heterocycles. The van der Waals surface area contributed by atoms with Gasteiger partial charge in [-0.05, 0) is 59.5 Å². The molecule has 4 aromatic rings. The second kappa shape index (κ2) is 15.6. The number of hydrogen-bond acceptors (Lipinski definition) is 6. The van der Waals surface area contributed by atoms with Crippen molar-refractivity contribution < 1.29 is 23.7 Å². The number of morpholine rings is 1. The summed E-state index contributed by atoms with van der Waals surface area (Å²) in [7, 11) is 1.67. The van der Waals surface area contributed by atoms with Crippen LogP contribution in [-0.4, -0.2) is 52.0 Å². The average molecular weight is 557 g/mol. The first-order valence-electron chi connectivity index (χ1n) is 14.1. The molecule has 4 aromatic carbocycles. The van der Waals surface area contributed by atoms with Crippen molar-refractivity contribution in [2.45, 2.75) is 32.5 Å². The molecule has 1 fully saturated rings. The maximum absolute atomic E-state index is 10.9. The van der Waals surface area contributed by atoms with Gasteiger partial charge in [-0.3, -0.25) is 4.79 Å². The fourth-order valence-corrected chi connectivity index (χ4v) is 4.78. The fourth-order valence-electron chi connectivity index (χ4n) is 4.78. The van der Waals surface area contributed by atoms with Crippen LogP contribution in [0.2, 0.25) is 0 Å². The number of carbonyl (C=O) groups is 1. The molecule has 0 aromatic heterocycles. The van der Waals surface area contributed by atoms with E-state index in [-0.39, 0.29) is 18.1 Å². The molecule has 2 atom stereocenters. The third kappa shape index (κ3) is 8.71. The standard InChI is InChI=1S/C19H23NO3.C15H17NO2/c1-2-21-16-10-6-7-11-17(16)23-19(15-8-4-3-5-9-15)18-14-20-12-13-22-18;1-11(17)16-9-8-13-5-3-4-12-6-7-14(18-2)10-15(12)13/h3-11,18-20H,2,12-14H2,1H3;3-7,10H,8-9H2,1-2H3,(H,16,17)/t18-,19+;/m1./s1. The van der Waals surface area contributed by atoms with E-state index >= 15 is 0 Å². The van der Waals surface area contributed by atoms with Gasteiger partial charge in [-0.25, -0.2) is 0 Å². The highest BCUT2D eigenvalue weighted by atomic mass is 16.6. The highest BCUT2D eigenvalue weighted by molar-refractivity contribution is 5.87. The average Bonchev–Trinajstić information content (AvgIpc) is 3.01. The number of para-hydroxylation sites is 2. The Labute approximate surface area is 242 Å². The summed E-state index contributed by atoms with van der Waals surface area (Å²) < 4.78 is 23.2. The van der Waals surface area contributed by atoms with Crippen LogP contribution in [0.1, 0.15) is 31.1 Å². The van der Waals surface area contributed by atoms with E-state index in [1.165, 1.54) is 23.3 Å². The summed E-state index contributed by atoms with van der Waals surface area (Å²) in [6, 6.07) is 30.2. The molecule has 1 aliphatic rings. The molecular formula is C34H40N2O5. The van der Waals surface area contributed by atoms with E-state index in [1.807, 2.05) is 67.6 Å². The van der Waals surface area contributed by atoms with Gasteiger partial charge < -0.3 is 29.6 Å². The SMILES string of the molecule is CCOc1ccccc1O[C@@H](c1ccccc1)[C@H]1CNCCO1.COc1ccc2cccc(CCNC(C)=O)c2c1. The van der Waals surface area contributed by atoms with Crippen molar-refractivity contribution in [1.82, 2.24) is 10.6 Å². The monoisotopic (exact) mass is 556 g/mol. The third-order valence-electron chi connectivity index (χ3n) is 6.77. The van der Waals surface area contributed by atoms with Crippen LogP contribution in [0.4, 0.5) is 0 Å². The molecule has 216 valence electrons. The minimum absolute atomic E-state index is 0.00724. The van der Waals surface area contributed by atoms with Crippen molar-refractivity contribution in [1.29, 1.82) is 0 Å². The third-order valence-corrected chi connectivity index (χ3v) is 6.77. The van der Waals surface area contributed by atoms with Crippen molar-refractivity contribution in [2.24, 2.45) is 0 Å². The van der Waals surface area contributed by atoms with Crippen LogP contribution < -0.4 is 24.8 Å². The molecule has 7 heteroatoms. The molecule has 0 unspecified atom stereocenters. The number of ether oxygens (including phenoxy) is 4. The van der Waals surface area contributed by atoms with Gasteiger partial charge in [0, 0.05) is 26.6 Å². The van der Waals surface area contributed by atoms with Gasteiger partial charge in [-0.2, -0.15) is 0 Å². The summed E-state index contributed by atoms with van der Waals surface area (Å²) in [5.74, 6) is 2.37. The van der Waals surface area contributed by atoms with Crippen LogP contribution in [-0.2, 0) is 16.0 Å². The van der Waals surface area contributed by atoms with E-state index in [0.29, 0.717) is 19.8 Å². The summed E-state index contributed by atoms with van der Waals surface area (Å²) in [4.78, 5) is 10.9. The van der Waals surface area contributed by atoms with E-state index < -0.39 is 0 Å². The highest BCUT2D eigenvalue weighted by Crippen LogP contribution is 2.33. The Morgan fingerprint density at radius 2 is 1.78 bits per heavy atom. The van der Waals surface area contributed by atoms with Crippen LogP contribution in [0.5, 0.6) is 17.2 Å². The number of nitrogens with one attached hydrogen (secondary N) is 2. The molecule has 5 rings (SSSR count). The number of hydrogen-bond donors (Lipinski definition) is 2. The predicted octanol–water partition coefficient (Wildman–Crippen LogP) is 5.72. The Bertz CT molecular complexity index is 1370. The molecular weight excluding hydrogens is 516 g/mol. The van der Waals surface area contributed by atoms with Crippen LogP contribution in [0.25, 0.3) is 10.8 Å². The summed E-state index contributed by atoms with van der Waals surface area (Å²) in [6.45, 7) is 7.13. The molecule has 1 saturated heterocycles. The summed E-state index contributed by atoms with van der Waals surface area (Å²) >= 11 is 0. The lowest BCUT2D eigenvalue weighted by atomic mass is 10.0. The number of amides is 1. The molecule has 0 saturated carbocycles. The van der Waals surface area contributed by atoms with Crippen LogP contribution in [0.15, 0.2) is 91.0 Å². The van der Waals surface area contributed by atoms with Gasteiger partial charge in [0.15, 0.2) is 17.6 Å². The van der Waals surface area contributed by atoms with Crippen molar-refractivity contribution >= 4 is 16.7 Å². The molecule has 0 radical (unpaired) electrons. The Morgan fingerprint density at radius 3 is 2.49 bits per heavy atom. The van der Waals surface area contributed by atoms with Gasteiger partial charge in [0.25, 0.3) is 0 Å².